The van der Waals surface area contributed by atoms with Crippen molar-refractivity contribution in [2.45, 2.75) is 26.8 Å². The summed E-state index contributed by atoms with van der Waals surface area (Å²) < 4.78 is 1.91. The van der Waals surface area contributed by atoms with Gasteiger partial charge in [-0.3, -0.25) is 10.1 Å². The third-order valence-corrected chi connectivity index (χ3v) is 2.87. The molecule has 0 saturated carbocycles. The van der Waals surface area contributed by atoms with Crippen LogP contribution in [0.15, 0.2) is 18.2 Å². The number of nitrogens with two attached hydrogens (primary N) is 1. The molecule has 0 amide bonds. The molecule has 2 N–H and O–H groups in total. The average Bonchev–Trinajstić information content (AvgIpc) is 2.72. The maximum atomic E-state index is 10.8. The van der Waals surface area contributed by atoms with E-state index in [0.29, 0.717) is 17.1 Å². The largest absolute Gasteiger partial charge is 0.398 e. The summed E-state index contributed by atoms with van der Waals surface area (Å²) in [5.41, 5.74) is 6.88. The van der Waals surface area contributed by atoms with Crippen molar-refractivity contribution in [2.24, 2.45) is 0 Å². The SMILES string of the molecule is CCCn1c(C)nnc1-c1cc([N+](=O)[O-])ccc1N. The lowest BCUT2D eigenvalue weighted by Crippen LogP contribution is -2.04. The van der Waals surface area contributed by atoms with Crippen molar-refractivity contribution in [1.29, 1.82) is 0 Å². The second-order valence-corrected chi connectivity index (χ2v) is 4.25. The van der Waals surface area contributed by atoms with Crippen molar-refractivity contribution >= 4 is 11.4 Å². The lowest BCUT2D eigenvalue weighted by Gasteiger charge is -2.08. The van der Waals surface area contributed by atoms with Crippen LogP contribution in [0.1, 0.15) is 19.2 Å². The second-order valence-electron chi connectivity index (χ2n) is 4.25. The van der Waals surface area contributed by atoms with Crippen LogP contribution in [0.25, 0.3) is 11.4 Å². The predicted molar refractivity (Wildman–Crippen MR) is 71.6 cm³/mol. The van der Waals surface area contributed by atoms with E-state index in [1.807, 2.05) is 18.4 Å². The number of nitro benzene ring substituents is 1. The molecule has 0 spiro atoms. The van der Waals surface area contributed by atoms with Gasteiger partial charge in [0.15, 0.2) is 5.82 Å². The van der Waals surface area contributed by atoms with Crippen molar-refractivity contribution in [3.63, 3.8) is 0 Å². The van der Waals surface area contributed by atoms with Gasteiger partial charge in [0, 0.05) is 29.9 Å². The van der Waals surface area contributed by atoms with Crippen LogP contribution < -0.4 is 5.73 Å². The summed E-state index contributed by atoms with van der Waals surface area (Å²) in [5.74, 6) is 1.34. The Labute approximate surface area is 110 Å². The number of nitro groups is 1. The van der Waals surface area contributed by atoms with E-state index < -0.39 is 4.92 Å². The summed E-state index contributed by atoms with van der Waals surface area (Å²) in [6.45, 7) is 4.63. The van der Waals surface area contributed by atoms with Gasteiger partial charge in [-0.2, -0.15) is 0 Å². The van der Waals surface area contributed by atoms with Gasteiger partial charge >= 0.3 is 0 Å². The molecule has 7 nitrogen and oxygen atoms in total. The molecule has 0 aliphatic rings. The quantitative estimate of drug-likeness (QED) is 0.516. The van der Waals surface area contributed by atoms with Crippen molar-refractivity contribution in [2.75, 3.05) is 5.73 Å². The highest BCUT2D eigenvalue weighted by atomic mass is 16.6. The molecule has 0 radical (unpaired) electrons. The Balaban J connectivity index is 2.58. The lowest BCUT2D eigenvalue weighted by atomic mass is 10.1. The van der Waals surface area contributed by atoms with Crippen LogP contribution >= 0.6 is 0 Å². The molecule has 1 heterocycles. The molecular formula is C12H15N5O2. The monoisotopic (exact) mass is 261 g/mol. The summed E-state index contributed by atoms with van der Waals surface area (Å²) in [6, 6.07) is 4.34. The van der Waals surface area contributed by atoms with Gasteiger partial charge in [-0.1, -0.05) is 6.92 Å². The predicted octanol–water partition coefficient (Wildman–Crippen LogP) is 2.15. The van der Waals surface area contributed by atoms with Crippen molar-refractivity contribution < 1.29 is 4.92 Å². The molecule has 19 heavy (non-hydrogen) atoms. The average molecular weight is 261 g/mol. The molecule has 1 aromatic heterocycles. The number of nitrogens with zero attached hydrogens (tertiary/aromatic N) is 4. The number of hydrogen-bond donors (Lipinski definition) is 1. The van der Waals surface area contributed by atoms with Gasteiger partial charge < -0.3 is 10.3 Å². The Morgan fingerprint density at radius 1 is 1.42 bits per heavy atom. The molecule has 1 aromatic carbocycles. The molecule has 0 fully saturated rings. The number of benzene rings is 1. The topological polar surface area (TPSA) is 99.9 Å². The maximum absolute atomic E-state index is 10.8. The van der Waals surface area contributed by atoms with E-state index in [1.165, 1.54) is 18.2 Å². The number of rotatable bonds is 4. The minimum atomic E-state index is -0.448. The molecule has 0 aliphatic heterocycles. The van der Waals surface area contributed by atoms with Crippen LogP contribution in [0.3, 0.4) is 0 Å². The number of hydrogen-bond acceptors (Lipinski definition) is 5. The van der Waals surface area contributed by atoms with E-state index in [1.54, 1.807) is 0 Å². The molecule has 2 rings (SSSR count). The highest BCUT2D eigenvalue weighted by molar-refractivity contribution is 5.74. The van der Waals surface area contributed by atoms with Crippen LogP contribution in [-0.2, 0) is 6.54 Å². The molecule has 0 bridgehead atoms. The van der Waals surface area contributed by atoms with E-state index in [-0.39, 0.29) is 5.69 Å². The van der Waals surface area contributed by atoms with Crippen LogP contribution in [0.4, 0.5) is 11.4 Å². The van der Waals surface area contributed by atoms with Gasteiger partial charge in [0.1, 0.15) is 5.82 Å². The third kappa shape index (κ3) is 2.40. The smallest absolute Gasteiger partial charge is 0.270 e. The molecule has 0 unspecified atom stereocenters. The lowest BCUT2D eigenvalue weighted by molar-refractivity contribution is -0.384. The number of non-ortho nitro benzene ring substituents is 1. The Morgan fingerprint density at radius 3 is 2.79 bits per heavy atom. The van der Waals surface area contributed by atoms with Gasteiger partial charge in [0.25, 0.3) is 5.69 Å². The number of anilines is 1. The minimum absolute atomic E-state index is 0.00657. The summed E-state index contributed by atoms with van der Waals surface area (Å²) in [6.07, 6.45) is 0.917. The summed E-state index contributed by atoms with van der Waals surface area (Å²) in [7, 11) is 0. The Morgan fingerprint density at radius 2 is 2.16 bits per heavy atom. The van der Waals surface area contributed by atoms with Gasteiger partial charge in [-0.25, -0.2) is 0 Å². The van der Waals surface area contributed by atoms with Crippen LogP contribution in [0, 0.1) is 17.0 Å². The molecule has 100 valence electrons. The normalized spacial score (nSPS) is 10.6. The van der Waals surface area contributed by atoms with Gasteiger partial charge in [-0.05, 0) is 19.4 Å². The maximum Gasteiger partial charge on any atom is 0.270 e. The molecule has 0 aliphatic carbocycles. The first kappa shape index (κ1) is 13.0. The first-order valence-corrected chi connectivity index (χ1v) is 5.98. The molecule has 0 saturated heterocycles. The second kappa shape index (κ2) is 5.05. The van der Waals surface area contributed by atoms with Crippen LogP contribution in [0.2, 0.25) is 0 Å². The van der Waals surface area contributed by atoms with Crippen LogP contribution in [-0.4, -0.2) is 19.7 Å². The van der Waals surface area contributed by atoms with E-state index in [0.717, 1.165) is 18.8 Å². The molecule has 0 atom stereocenters. The minimum Gasteiger partial charge on any atom is -0.398 e. The number of nitrogen functional groups attached to an aromatic ring is 1. The zero-order chi connectivity index (χ0) is 14.0. The zero-order valence-electron chi connectivity index (χ0n) is 10.8. The van der Waals surface area contributed by atoms with Crippen molar-refractivity contribution in [3.8, 4) is 11.4 Å². The van der Waals surface area contributed by atoms with E-state index in [9.17, 15) is 10.1 Å². The highest BCUT2D eigenvalue weighted by Crippen LogP contribution is 2.29. The summed E-state index contributed by atoms with van der Waals surface area (Å²) >= 11 is 0. The van der Waals surface area contributed by atoms with Gasteiger partial charge in [0.2, 0.25) is 0 Å². The molecular weight excluding hydrogens is 246 g/mol. The van der Waals surface area contributed by atoms with E-state index >= 15 is 0 Å². The Kier molecular flexibility index (Phi) is 3.46. The van der Waals surface area contributed by atoms with Crippen molar-refractivity contribution in [1.82, 2.24) is 14.8 Å². The summed E-state index contributed by atoms with van der Waals surface area (Å²) in [5, 5.41) is 18.9. The van der Waals surface area contributed by atoms with E-state index in [2.05, 4.69) is 10.2 Å². The van der Waals surface area contributed by atoms with Crippen LogP contribution in [0.5, 0.6) is 0 Å². The van der Waals surface area contributed by atoms with Crippen molar-refractivity contribution in [3.05, 3.63) is 34.1 Å². The zero-order valence-corrected chi connectivity index (χ0v) is 10.8. The highest BCUT2D eigenvalue weighted by Gasteiger charge is 2.16. The fourth-order valence-electron chi connectivity index (χ4n) is 1.92. The first-order chi connectivity index (χ1) is 9.04. The molecule has 2 aromatic rings. The summed E-state index contributed by atoms with van der Waals surface area (Å²) in [4.78, 5) is 10.4. The number of aryl methyl sites for hydroxylation is 1. The third-order valence-electron chi connectivity index (χ3n) is 2.87. The fourth-order valence-corrected chi connectivity index (χ4v) is 1.92. The Hall–Kier alpha value is -2.44. The fraction of sp³-hybridized carbons (Fsp3) is 0.333. The van der Waals surface area contributed by atoms with Gasteiger partial charge in [-0.15, -0.1) is 10.2 Å². The Bertz CT molecular complexity index is 621. The standard InChI is InChI=1S/C12H15N5O2/c1-3-6-16-8(2)14-15-12(16)10-7-9(17(18)19)4-5-11(10)13/h4-5,7H,3,6,13H2,1-2H3. The first-order valence-electron chi connectivity index (χ1n) is 5.98. The molecule has 7 heteroatoms. The van der Waals surface area contributed by atoms with E-state index in [4.69, 9.17) is 5.73 Å². The number of aromatic nitrogens is 3. The van der Waals surface area contributed by atoms with Gasteiger partial charge in [0.05, 0.1) is 4.92 Å².